The van der Waals surface area contributed by atoms with E-state index in [1.807, 2.05) is 91.3 Å². The first kappa shape index (κ1) is 32.7. The Morgan fingerprint density at radius 3 is 1.98 bits per heavy atom. The maximum atomic E-state index is 9.27. The second-order valence-electron chi connectivity index (χ2n) is 12.3. The van der Waals surface area contributed by atoms with Gasteiger partial charge in [0.25, 0.3) is 0 Å². The first-order valence-corrected chi connectivity index (χ1v) is 17.0. The van der Waals surface area contributed by atoms with E-state index in [0.717, 1.165) is 47.3 Å². The minimum absolute atomic E-state index is 0.0538. The van der Waals surface area contributed by atoms with Crippen LogP contribution >= 0.6 is 0 Å². The summed E-state index contributed by atoms with van der Waals surface area (Å²) < 4.78 is 12.4. The van der Waals surface area contributed by atoms with Crippen LogP contribution in [0.1, 0.15) is 23.5 Å². The van der Waals surface area contributed by atoms with Crippen molar-refractivity contribution in [3.8, 4) is 39.8 Å². The van der Waals surface area contributed by atoms with E-state index in [1.165, 1.54) is 16.3 Å². The van der Waals surface area contributed by atoms with Crippen molar-refractivity contribution >= 4 is 10.8 Å². The van der Waals surface area contributed by atoms with Crippen LogP contribution in [0.3, 0.4) is 0 Å². The van der Waals surface area contributed by atoms with E-state index in [9.17, 15) is 5.11 Å². The predicted octanol–water partition coefficient (Wildman–Crippen LogP) is 9.81. The zero-order valence-corrected chi connectivity index (χ0v) is 27.7. The van der Waals surface area contributed by atoms with E-state index in [4.69, 9.17) is 9.47 Å². The van der Waals surface area contributed by atoms with Crippen LogP contribution in [0.2, 0.25) is 0 Å². The van der Waals surface area contributed by atoms with Gasteiger partial charge in [-0.1, -0.05) is 121 Å². The van der Waals surface area contributed by atoms with Gasteiger partial charge in [-0.2, -0.15) is 0 Å². The van der Waals surface area contributed by atoms with Gasteiger partial charge in [0.05, 0.1) is 12.7 Å². The van der Waals surface area contributed by atoms with Crippen LogP contribution < -0.4 is 10.1 Å². The normalized spacial score (nSPS) is 15.5. The molecular weight excluding hydrogens is 619 g/mol. The van der Waals surface area contributed by atoms with Crippen LogP contribution in [0.5, 0.6) is 17.5 Å². The molecule has 6 heteroatoms. The minimum atomic E-state index is 0.0538. The van der Waals surface area contributed by atoms with Crippen molar-refractivity contribution < 1.29 is 14.6 Å². The van der Waals surface area contributed by atoms with E-state index < -0.39 is 0 Å². The van der Waals surface area contributed by atoms with E-state index in [1.54, 1.807) is 12.1 Å². The van der Waals surface area contributed by atoms with Gasteiger partial charge in [0.1, 0.15) is 11.5 Å². The molecule has 2 N–H and O–H groups in total. The zero-order chi connectivity index (χ0) is 34.0. The molecule has 2 unspecified atom stereocenters. The molecule has 6 aromatic carbocycles. The molecule has 2 atom stereocenters. The number of phenolic OH excluding ortho intramolecular Hbond substituents is 1. The van der Waals surface area contributed by atoms with Crippen LogP contribution in [0.25, 0.3) is 33.0 Å². The van der Waals surface area contributed by atoms with Gasteiger partial charge < -0.3 is 19.9 Å². The van der Waals surface area contributed by atoms with E-state index in [0.29, 0.717) is 24.1 Å². The number of fused-ring (bicyclic) bond motifs is 1. The Labute approximate surface area is 293 Å². The van der Waals surface area contributed by atoms with Crippen molar-refractivity contribution in [1.29, 1.82) is 0 Å². The Balaban J connectivity index is 0.000000253. The van der Waals surface area contributed by atoms with Gasteiger partial charge in [-0.3, -0.25) is 0 Å². The molecule has 1 aromatic heterocycles. The Morgan fingerprint density at radius 1 is 0.620 bits per heavy atom. The first-order valence-electron chi connectivity index (χ1n) is 17.0. The Hall–Kier alpha value is -5.82. The van der Waals surface area contributed by atoms with E-state index in [2.05, 4.69) is 75.9 Å². The quantitative estimate of drug-likeness (QED) is 0.169. The summed E-state index contributed by atoms with van der Waals surface area (Å²) in [6.07, 6.45) is 4.79. The maximum Gasteiger partial charge on any atom is 0.321 e. The van der Waals surface area contributed by atoms with Gasteiger partial charge >= 0.3 is 6.01 Å². The summed E-state index contributed by atoms with van der Waals surface area (Å²) in [5.74, 6) is 1.26. The third kappa shape index (κ3) is 8.42. The number of hydrogen-bond acceptors (Lipinski definition) is 6. The molecule has 0 bridgehead atoms. The molecule has 2 heterocycles. The number of rotatable bonds is 8. The highest BCUT2D eigenvalue weighted by Crippen LogP contribution is 2.30. The standard InChI is InChI=1S/C32H29N3O2.C12H10O/c1-2-7-24(8-3-1)27-11-6-12-29(18-27)37-32-34-19-28(20-35-32)30-15-16-33-21-31(30)36-22-23-13-14-25-9-4-5-10-26(25)17-23;13-12-8-4-7-11(9-12)10-5-2-1-3-6-10/h1-14,17-20,30-31,33H,15-16,21-22H2;1-9,13H. The van der Waals surface area contributed by atoms with E-state index in [-0.39, 0.29) is 12.0 Å². The lowest BCUT2D eigenvalue weighted by molar-refractivity contribution is 0.0105. The highest BCUT2D eigenvalue weighted by Gasteiger charge is 2.28. The lowest BCUT2D eigenvalue weighted by Crippen LogP contribution is -2.41. The van der Waals surface area contributed by atoms with Crippen molar-refractivity contribution in [2.24, 2.45) is 0 Å². The van der Waals surface area contributed by atoms with Crippen LogP contribution in [0, 0.1) is 0 Å². The summed E-state index contributed by atoms with van der Waals surface area (Å²) in [6, 6.07) is 50.8. The van der Waals surface area contributed by atoms with Gasteiger partial charge in [-0.25, -0.2) is 9.97 Å². The summed E-state index contributed by atoms with van der Waals surface area (Å²) in [7, 11) is 0. The van der Waals surface area contributed by atoms with Crippen molar-refractivity contribution in [3.63, 3.8) is 0 Å². The summed E-state index contributed by atoms with van der Waals surface area (Å²) >= 11 is 0. The third-order valence-electron chi connectivity index (χ3n) is 8.88. The second-order valence-corrected chi connectivity index (χ2v) is 12.3. The number of piperidine rings is 1. The number of hydrogen-bond donors (Lipinski definition) is 2. The number of ether oxygens (including phenoxy) is 2. The first-order chi connectivity index (χ1) is 24.7. The van der Waals surface area contributed by atoms with E-state index >= 15 is 0 Å². The summed E-state index contributed by atoms with van der Waals surface area (Å²) in [5.41, 5.74) is 6.66. The lowest BCUT2D eigenvalue weighted by Gasteiger charge is -2.32. The SMILES string of the molecule is Oc1cccc(-c2ccccc2)c1.c1ccc(-c2cccc(Oc3ncc(C4CCNCC4OCc4ccc5ccccc5c4)cn3)c2)cc1. The van der Waals surface area contributed by atoms with Gasteiger partial charge in [-0.15, -0.1) is 0 Å². The molecule has 248 valence electrons. The van der Waals surface area contributed by atoms with Crippen molar-refractivity contribution in [2.45, 2.75) is 25.0 Å². The monoisotopic (exact) mass is 657 g/mol. The number of aromatic nitrogens is 2. The Kier molecular flexibility index (Phi) is 10.5. The van der Waals surface area contributed by atoms with Gasteiger partial charge in [0.2, 0.25) is 0 Å². The van der Waals surface area contributed by atoms with Crippen molar-refractivity contribution in [3.05, 3.63) is 175 Å². The molecule has 0 radical (unpaired) electrons. The molecule has 1 fully saturated rings. The molecule has 1 saturated heterocycles. The smallest absolute Gasteiger partial charge is 0.321 e. The largest absolute Gasteiger partial charge is 0.508 e. The minimum Gasteiger partial charge on any atom is -0.508 e. The molecule has 0 aliphatic carbocycles. The predicted molar refractivity (Wildman–Crippen MR) is 200 cm³/mol. The van der Waals surface area contributed by atoms with Crippen LogP contribution in [0.15, 0.2) is 164 Å². The average molecular weight is 658 g/mol. The second kappa shape index (κ2) is 16.1. The van der Waals surface area contributed by atoms with Gasteiger partial charge in [0, 0.05) is 24.9 Å². The fraction of sp³-hybridized carbons (Fsp3) is 0.136. The maximum absolute atomic E-state index is 9.27. The molecule has 6 nitrogen and oxygen atoms in total. The summed E-state index contributed by atoms with van der Waals surface area (Å²) in [6.45, 7) is 2.33. The fourth-order valence-corrected chi connectivity index (χ4v) is 6.28. The summed E-state index contributed by atoms with van der Waals surface area (Å²) in [5, 5.41) is 15.2. The molecule has 1 aliphatic rings. The van der Waals surface area contributed by atoms with Gasteiger partial charge in [-0.05, 0) is 87.5 Å². The fourth-order valence-electron chi connectivity index (χ4n) is 6.28. The Morgan fingerprint density at radius 2 is 1.26 bits per heavy atom. The average Bonchev–Trinajstić information content (AvgIpc) is 3.18. The molecule has 1 aliphatic heterocycles. The van der Waals surface area contributed by atoms with Crippen molar-refractivity contribution in [2.75, 3.05) is 13.1 Å². The van der Waals surface area contributed by atoms with Crippen LogP contribution in [-0.4, -0.2) is 34.3 Å². The number of benzene rings is 6. The van der Waals surface area contributed by atoms with Crippen LogP contribution in [0.4, 0.5) is 0 Å². The summed E-state index contributed by atoms with van der Waals surface area (Å²) in [4.78, 5) is 9.06. The molecule has 7 aromatic rings. The lowest BCUT2D eigenvalue weighted by atomic mass is 9.89. The number of phenols is 1. The molecule has 0 amide bonds. The highest BCUT2D eigenvalue weighted by atomic mass is 16.5. The number of nitrogens with one attached hydrogen (secondary N) is 1. The highest BCUT2D eigenvalue weighted by molar-refractivity contribution is 5.83. The third-order valence-corrected chi connectivity index (χ3v) is 8.88. The van der Waals surface area contributed by atoms with Crippen LogP contribution in [-0.2, 0) is 11.3 Å². The molecular formula is C44H39N3O3. The molecule has 8 rings (SSSR count). The number of aromatic hydroxyl groups is 1. The zero-order valence-electron chi connectivity index (χ0n) is 27.7. The number of nitrogens with zero attached hydrogens (tertiary/aromatic N) is 2. The van der Waals surface area contributed by atoms with Crippen molar-refractivity contribution in [1.82, 2.24) is 15.3 Å². The topological polar surface area (TPSA) is 76.5 Å². The molecule has 0 spiro atoms. The Bertz CT molecular complexity index is 2120. The molecule has 0 saturated carbocycles. The van der Waals surface area contributed by atoms with Gasteiger partial charge in [0.15, 0.2) is 0 Å². The molecule has 50 heavy (non-hydrogen) atoms.